The number of hydrogen-bond acceptors (Lipinski definition) is 3. The van der Waals surface area contributed by atoms with Crippen LogP contribution >= 0.6 is 0 Å². The van der Waals surface area contributed by atoms with Gasteiger partial charge in [0.05, 0.1) is 0 Å². The van der Waals surface area contributed by atoms with Crippen LogP contribution < -0.4 is 0 Å². The fourth-order valence-corrected chi connectivity index (χ4v) is 9.31. The Morgan fingerprint density at radius 3 is 2.57 bits per heavy atom. The predicted octanol–water partition coefficient (Wildman–Crippen LogP) is 6.03. The first-order chi connectivity index (χ1) is 14.2. The van der Waals surface area contributed by atoms with E-state index in [1.165, 1.54) is 26.2 Å². The minimum Gasteiger partial charge on any atom is -0.462 e. The van der Waals surface area contributed by atoms with Gasteiger partial charge in [-0.25, -0.2) is 0 Å². The number of ether oxygens (including phenoxy) is 1. The first kappa shape index (κ1) is 20.5. The topological polar surface area (TPSA) is 43.4 Å². The second-order valence-electron chi connectivity index (χ2n) is 11.6. The van der Waals surface area contributed by atoms with Crippen LogP contribution in [0.15, 0.2) is 23.8 Å². The van der Waals surface area contributed by atoms with Gasteiger partial charge in [-0.15, -0.1) is 0 Å². The third kappa shape index (κ3) is 2.56. The summed E-state index contributed by atoms with van der Waals surface area (Å²) >= 11 is 0. The molecule has 0 aromatic carbocycles. The second-order valence-corrected chi connectivity index (χ2v) is 11.6. The highest BCUT2D eigenvalue weighted by Crippen LogP contribution is 2.73. The van der Waals surface area contributed by atoms with Crippen LogP contribution in [0.5, 0.6) is 0 Å². The molecule has 5 aliphatic rings. The number of carbonyl (C=O) groups excluding carboxylic acids is 2. The van der Waals surface area contributed by atoms with Crippen LogP contribution in [0.4, 0.5) is 0 Å². The summed E-state index contributed by atoms with van der Waals surface area (Å²) in [5.41, 5.74) is 1.81. The maximum atomic E-state index is 13.2. The molecule has 0 saturated heterocycles. The zero-order valence-corrected chi connectivity index (χ0v) is 19.2. The molecule has 3 nitrogen and oxygen atoms in total. The highest BCUT2D eigenvalue weighted by atomic mass is 16.5. The van der Waals surface area contributed by atoms with Gasteiger partial charge in [0.15, 0.2) is 0 Å². The van der Waals surface area contributed by atoms with E-state index in [1.807, 2.05) is 6.92 Å². The summed E-state index contributed by atoms with van der Waals surface area (Å²) in [6.07, 6.45) is 17.1. The van der Waals surface area contributed by atoms with E-state index in [4.69, 9.17) is 4.74 Å². The Bertz CT molecular complexity index is 824. The highest BCUT2D eigenvalue weighted by molar-refractivity contribution is 5.85. The van der Waals surface area contributed by atoms with Gasteiger partial charge in [0.25, 0.3) is 0 Å². The van der Waals surface area contributed by atoms with E-state index in [9.17, 15) is 9.59 Å². The first-order valence-corrected chi connectivity index (χ1v) is 12.2. The Morgan fingerprint density at radius 2 is 1.83 bits per heavy atom. The second kappa shape index (κ2) is 6.81. The number of hydrogen-bond donors (Lipinski definition) is 0. The molecule has 5 rings (SSSR count). The van der Waals surface area contributed by atoms with Gasteiger partial charge >= 0.3 is 5.97 Å². The van der Waals surface area contributed by atoms with Crippen molar-refractivity contribution in [1.29, 1.82) is 0 Å². The van der Waals surface area contributed by atoms with E-state index in [0.29, 0.717) is 29.5 Å². The number of allylic oxidation sites excluding steroid dienone is 3. The number of fused-ring (bicyclic) bond motifs is 7. The summed E-state index contributed by atoms with van der Waals surface area (Å²) in [5, 5.41) is 0. The standard InChI is InChI=1S/C27H38O3/c1-17(28)27-12-6-5-7-20(27)16-24-22-9-8-19-15-21(30-18(2)29)10-13-25(19,3)23(22)11-14-26(24,27)4/h5-6,8,20-24H,7,9-16H2,1-4H3/t20-,21-,22+,23-,24+,25+,26+,27-/m1/s1. The number of carbonyl (C=O) groups is 2. The van der Waals surface area contributed by atoms with Crippen molar-refractivity contribution in [3.63, 3.8) is 0 Å². The fourth-order valence-electron chi connectivity index (χ4n) is 9.31. The highest BCUT2D eigenvalue weighted by Gasteiger charge is 2.68. The molecule has 8 atom stereocenters. The molecule has 0 N–H and O–H groups in total. The molecule has 164 valence electrons. The van der Waals surface area contributed by atoms with Crippen LogP contribution in [0.25, 0.3) is 0 Å². The van der Waals surface area contributed by atoms with Gasteiger partial charge in [-0.2, -0.15) is 0 Å². The summed E-state index contributed by atoms with van der Waals surface area (Å²) < 4.78 is 5.59. The van der Waals surface area contributed by atoms with Crippen molar-refractivity contribution in [3.8, 4) is 0 Å². The lowest BCUT2D eigenvalue weighted by atomic mass is 9.44. The summed E-state index contributed by atoms with van der Waals surface area (Å²) in [5.74, 6) is 2.90. The molecule has 3 heteroatoms. The largest absolute Gasteiger partial charge is 0.462 e. The number of esters is 1. The van der Waals surface area contributed by atoms with E-state index in [2.05, 4.69) is 32.1 Å². The molecule has 0 bridgehead atoms. The molecule has 5 aliphatic carbocycles. The molecular weight excluding hydrogens is 372 g/mol. The van der Waals surface area contributed by atoms with Gasteiger partial charge in [0.2, 0.25) is 0 Å². The van der Waals surface area contributed by atoms with Crippen molar-refractivity contribution in [2.45, 2.75) is 91.6 Å². The summed E-state index contributed by atoms with van der Waals surface area (Å²) in [6, 6.07) is 0. The molecule has 30 heavy (non-hydrogen) atoms. The van der Waals surface area contributed by atoms with Gasteiger partial charge in [-0.1, -0.05) is 37.6 Å². The van der Waals surface area contributed by atoms with Crippen LogP contribution in [0, 0.1) is 39.9 Å². The monoisotopic (exact) mass is 410 g/mol. The van der Waals surface area contributed by atoms with Crippen molar-refractivity contribution in [2.24, 2.45) is 39.9 Å². The lowest BCUT2D eigenvalue weighted by Gasteiger charge is -2.60. The van der Waals surface area contributed by atoms with Crippen molar-refractivity contribution < 1.29 is 14.3 Å². The number of Topliss-reactive ketones (excluding diaryl/α,β-unsaturated/α-hetero) is 1. The van der Waals surface area contributed by atoms with Crippen molar-refractivity contribution >= 4 is 11.8 Å². The van der Waals surface area contributed by atoms with Crippen LogP contribution in [0.1, 0.15) is 85.5 Å². The predicted molar refractivity (Wildman–Crippen MR) is 118 cm³/mol. The molecule has 0 radical (unpaired) electrons. The van der Waals surface area contributed by atoms with E-state index < -0.39 is 0 Å². The minimum atomic E-state index is -0.150. The van der Waals surface area contributed by atoms with Crippen LogP contribution in [-0.2, 0) is 14.3 Å². The zero-order chi connectivity index (χ0) is 21.3. The summed E-state index contributed by atoms with van der Waals surface area (Å²) in [4.78, 5) is 24.6. The fraction of sp³-hybridized carbons (Fsp3) is 0.778. The molecule has 0 heterocycles. The SMILES string of the molecule is CC(=O)O[C@@H]1CC[C@@]2(C)C(=CC[C@H]3[C@H]2CC[C@@]2(C)[C@H]3C[C@H]3CC=CC[C@@]32C(C)=O)C1. The van der Waals surface area contributed by atoms with Crippen molar-refractivity contribution in [1.82, 2.24) is 0 Å². The third-order valence-corrected chi connectivity index (χ3v) is 10.7. The average molecular weight is 411 g/mol. The molecular formula is C27H38O3. The van der Waals surface area contributed by atoms with Crippen LogP contribution in [0.2, 0.25) is 0 Å². The Balaban J connectivity index is 1.47. The third-order valence-electron chi connectivity index (χ3n) is 10.7. The summed E-state index contributed by atoms with van der Waals surface area (Å²) in [6.45, 7) is 8.38. The number of rotatable bonds is 2. The Morgan fingerprint density at radius 1 is 1.03 bits per heavy atom. The lowest BCUT2D eigenvalue weighted by molar-refractivity contribution is -0.150. The van der Waals surface area contributed by atoms with Gasteiger partial charge in [-0.3, -0.25) is 9.59 Å². The molecule has 0 aromatic heterocycles. The molecule has 3 fully saturated rings. The molecule has 0 aromatic rings. The Kier molecular flexibility index (Phi) is 4.66. The quantitative estimate of drug-likeness (QED) is 0.412. The van der Waals surface area contributed by atoms with Crippen LogP contribution in [-0.4, -0.2) is 17.9 Å². The van der Waals surface area contributed by atoms with Crippen molar-refractivity contribution in [3.05, 3.63) is 23.8 Å². The molecule has 0 spiro atoms. The average Bonchev–Trinajstić information content (AvgIpc) is 2.98. The normalized spacial score (nSPS) is 49.2. The van der Waals surface area contributed by atoms with Gasteiger partial charge in [0, 0.05) is 18.8 Å². The van der Waals surface area contributed by atoms with E-state index in [1.54, 1.807) is 5.57 Å². The molecule has 0 aliphatic heterocycles. The number of ketones is 1. The van der Waals surface area contributed by atoms with Gasteiger partial charge in [-0.05, 0) is 92.8 Å². The van der Waals surface area contributed by atoms with Crippen molar-refractivity contribution in [2.75, 3.05) is 0 Å². The van der Waals surface area contributed by atoms with Gasteiger partial charge in [0.1, 0.15) is 11.9 Å². The van der Waals surface area contributed by atoms with Gasteiger partial charge < -0.3 is 4.74 Å². The minimum absolute atomic E-state index is 0.0636. The zero-order valence-electron chi connectivity index (χ0n) is 19.2. The summed E-state index contributed by atoms with van der Waals surface area (Å²) in [7, 11) is 0. The molecule has 0 unspecified atom stereocenters. The van der Waals surface area contributed by atoms with Crippen LogP contribution in [0.3, 0.4) is 0 Å². The lowest BCUT2D eigenvalue weighted by Crippen LogP contribution is -2.55. The maximum absolute atomic E-state index is 13.2. The maximum Gasteiger partial charge on any atom is 0.302 e. The molecule has 3 saturated carbocycles. The first-order valence-electron chi connectivity index (χ1n) is 12.2. The van der Waals surface area contributed by atoms with E-state index >= 15 is 0 Å². The Labute approximate surface area is 181 Å². The molecule has 0 amide bonds. The smallest absolute Gasteiger partial charge is 0.302 e. The van der Waals surface area contributed by atoms with E-state index in [-0.39, 0.29) is 28.3 Å². The Hall–Kier alpha value is -1.38. The van der Waals surface area contributed by atoms with E-state index in [0.717, 1.165) is 38.5 Å².